The molecule has 2 heterocycles. The number of aromatic nitrogens is 1. The van der Waals surface area contributed by atoms with Gasteiger partial charge in [-0.25, -0.2) is 4.79 Å². The molecule has 2 aromatic carbocycles. The number of carbonyl (C=O) groups excluding carboxylic acids is 2. The molecule has 6 heteroatoms. The fourth-order valence-corrected chi connectivity index (χ4v) is 5.19. The first kappa shape index (κ1) is 20.1. The van der Waals surface area contributed by atoms with Gasteiger partial charge in [-0.1, -0.05) is 30.3 Å². The topological polar surface area (TPSA) is 97.2 Å². The molecule has 0 saturated carbocycles. The molecule has 5 rings (SSSR count). The fourth-order valence-electron chi connectivity index (χ4n) is 5.19. The Labute approximate surface area is 186 Å². The number of aromatic amines is 1. The number of anilines is 1. The highest BCUT2D eigenvalue weighted by Gasteiger charge is 2.42. The van der Waals surface area contributed by atoms with Gasteiger partial charge in [0.15, 0.2) is 5.78 Å². The van der Waals surface area contributed by atoms with Crippen molar-refractivity contribution in [3.8, 4) is 0 Å². The molecule has 2 aliphatic rings. The summed E-state index contributed by atoms with van der Waals surface area (Å²) in [6, 6.07) is 15.6. The van der Waals surface area contributed by atoms with Crippen LogP contribution in [0.5, 0.6) is 0 Å². The average molecular weight is 428 g/mol. The van der Waals surface area contributed by atoms with Crippen LogP contribution >= 0.6 is 0 Å². The Kier molecular flexibility index (Phi) is 4.85. The molecule has 0 fully saturated rings. The summed E-state index contributed by atoms with van der Waals surface area (Å²) in [5.74, 6) is -0.898. The highest BCUT2D eigenvalue weighted by atomic mass is 16.5. The van der Waals surface area contributed by atoms with Crippen molar-refractivity contribution in [3.05, 3.63) is 88.4 Å². The predicted molar refractivity (Wildman–Crippen MR) is 124 cm³/mol. The number of para-hydroxylation sites is 1. The van der Waals surface area contributed by atoms with E-state index in [9.17, 15) is 9.59 Å². The van der Waals surface area contributed by atoms with Crippen LogP contribution in [0.1, 0.15) is 42.7 Å². The molecule has 1 aliphatic carbocycles. The summed E-state index contributed by atoms with van der Waals surface area (Å²) in [5, 5.41) is 4.35. The van der Waals surface area contributed by atoms with Crippen LogP contribution in [-0.2, 0) is 14.3 Å². The number of nitrogens with two attached hydrogens (primary N) is 1. The first-order chi connectivity index (χ1) is 15.5. The summed E-state index contributed by atoms with van der Waals surface area (Å²) in [6.45, 7) is 1.87. The van der Waals surface area contributed by atoms with Crippen LogP contribution in [-0.4, -0.2) is 23.8 Å². The number of Topliss-reactive ketones (excluding diaryl/α,β-unsaturated/α-hetero) is 1. The highest BCUT2D eigenvalue weighted by Crippen LogP contribution is 2.47. The number of carbonyl (C=O) groups is 2. The van der Waals surface area contributed by atoms with E-state index in [1.54, 1.807) is 0 Å². The Hall–Kier alpha value is -3.80. The number of allylic oxidation sites excluding steroid dienone is 3. The molecule has 0 saturated heterocycles. The number of methoxy groups -OCH3 is 1. The Morgan fingerprint density at radius 1 is 1.06 bits per heavy atom. The standard InChI is InChI=1S/C26H25N3O3/c1-14-23(26(31)32-2)24(18-7-5-9-20-17(18)10-11-28-20)25-21(29-14)12-15(13-22(25)30)16-6-3-4-8-19(16)27/h3-11,15,24,28-29H,12-13,27H2,1-2H3. The van der Waals surface area contributed by atoms with Crippen LogP contribution < -0.4 is 11.1 Å². The highest BCUT2D eigenvalue weighted by molar-refractivity contribution is 6.05. The molecule has 2 atom stereocenters. The van der Waals surface area contributed by atoms with Crippen molar-refractivity contribution in [1.82, 2.24) is 10.3 Å². The van der Waals surface area contributed by atoms with Crippen molar-refractivity contribution in [1.29, 1.82) is 0 Å². The van der Waals surface area contributed by atoms with Crippen molar-refractivity contribution >= 4 is 28.3 Å². The maximum absolute atomic E-state index is 13.6. The summed E-state index contributed by atoms with van der Waals surface area (Å²) in [6.07, 6.45) is 2.87. The third-order valence-electron chi connectivity index (χ3n) is 6.61. The lowest BCUT2D eigenvalue weighted by molar-refractivity contribution is -0.136. The minimum absolute atomic E-state index is 0.00822. The van der Waals surface area contributed by atoms with E-state index >= 15 is 0 Å². The van der Waals surface area contributed by atoms with Gasteiger partial charge in [-0.3, -0.25) is 4.79 Å². The summed E-state index contributed by atoms with van der Waals surface area (Å²) < 4.78 is 5.13. The van der Waals surface area contributed by atoms with Gasteiger partial charge in [-0.15, -0.1) is 0 Å². The molecule has 6 nitrogen and oxygen atoms in total. The third kappa shape index (κ3) is 3.11. The Morgan fingerprint density at radius 2 is 1.84 bits per heavy atom. The first-order valence-electron chi connectivity index (χ1n) is 10.7. The van der Waals surface area contributed by atoms with E-state index in [2.05, 4.69) is 10.3 Å². The summed E-state index contributed by atoms with van der Waals surface area (Å²) in [4.78, 5) is 29.7. The first-order valence-corrected chi connectivity index (χ1v) is 10.7. The maximum atomic E-state index is 13.6. The molecule has 0 radical (unpaired) electrons. The number of esters is 1. The molecule has 2 unspecified atom stereocenters. The van der Waals surface area contributed by atoms with Crippen molar-refractivity contribution in [2.24, 2.45) is 0 Å². The third-order valence-corrected chi connectivity index (χ3v) is 6.61. The number of hydrogen-bond acceptors (Lipinski definition) is 5. The number of nitrogens with one attached hydrogen (secondary N) is 2. The summed E-state index contributed by atoms with van der Waals surface area (Å²) in [5.41, 5.74) is 12.5. The van der Waals surface area contributed by atoms with Crippen LogP contribution in [0.2, 0.25) is 0 Å². The van der Waals surface area contributed by atoms with Crippen LogP contribution in [0, 0.1) is 0 Å². The van der Waals surface area contributed by atoms with Gasteiger partial charge in [0, 0.05) is 52.1 Å². The number of dihydropyridines is 1. The monoisotopic (exact) mass is 427 g/mol. The zero-order valence-electron chi connectivity index (χ0n) is 18.1. The van der Waals surface area contributed by atoms with Crippen LogP contribution in [0.4, 0.5) is 5.69 Å². The predicted octanol–water partition coefficient (Wildman–Crippen LogP) is 4.28. The number of nitrogen functional groups attached to an aromatic ring is 1. The molecular weight excluding hydrogens is 402 g/mol. The van der Waals surface area contributed by atoms with E-state index in [-0.39, 0.29) is 11.7 Å². The summed E-state index contributed by atoms with van der Waals surface area (Å²) in [7, 11) is 1.37. The van der Waals surface area contributed by atoms with Crippen LogP contribution in [0.3, 0.4) is 0 Å². The van der Waals surface area contributed by atoms with Gasteiger partial charge in [-0.2, -0.15) is 0 Å². The zero-order valence-corrected chi connectivity index (χ0v) is 18.1. The number of ether oxygens (including phenoxy) is 1. The van der Waals surface area contributed by atoms with E-state index < -0.39 is 11.9 Å². The Balaban J connectivity index is 1.68. The molecule has 0 amide bonds. The fraction of sp³-hybridized carbons (Fsp3) is 0.231. The molecule has 0 bridgehead atoms. The number of benzene rings is 2. The normalized spacial score (nSPS) is 20.9. The number of hydrogen-bond donors (Lipinski definition) is 3. The maximum Gasteiger partial charge on any atom is 0.336 e. The Morgan fingerprint density at radius 3 is 2.62 bits per heavy atom. The molecule has 0 spiro atoms. The van der Waals surface area contributed by atoms with Gasteiger partial charge < -0.3 is 20.8 Å². The van der Waals surface area contributed by atoms with E-state index in [1.807, 2.05) is 61.7 Å². The largest absolute Gasteiger partial charge is 0.466 e. The van der Waals surface area contributed by atoms with E-state index in [1.165, 1.54) is 7.11 Å². The number of H-pyrrole nitrogens is 1. The molecular formula is C26H25N3O3. The Bertz CT molecular complexity index is 1310. The van der Waals surface area contributed by atoms with Gasteiger partial charge in [0.25, 0.3) is 0 Å². The van der Waals surface area contributed by atoms with Crippen molar-refractivity contribution in [3.63, 3.8) is 0 Å². The second-order valence-electron chi connectivity index (χ2n) is 8.42. The average Bonchev–Trinajstić information content (AvgIpc) is 3.27. The number of rotatable bonds is 3. The molecule has 4 N–H and O–H groups in total. The van der Waals surface area contributed by atoms with Gasteiger partial charge in [0.2, 0.25) is 0 Å². The minimum Gasteiger partial charge on any atom is -0.466 e. The van der Waals surface area contributed by atoms with E-state index in [0.717, 1.165) is 27.7 Å². The molecule has 3 aromatic rings. The second-order valence-corrected chi connectivity index (χ2v) is 8.42. The molecule has 1 aliphatic heterocycles. The van der Waals surface area contributed by atoms with E-state index in [4.69, 9.17) is 10.5 Å². The molecule has 162 valence electrons. The van der Waals surface area contributed by atoms with Crippen molar-refractivity contribution < 1.29 is 14.3 Å². The molecule has 1 aromatic heterocycles. The lowest BCUT2D eigenvalue weighted by Crippen LogP contribution is -2.36. The van der Waals surface area contributed by atoms with Gasteiger partial charge >= 0.3 is 5.97 Å². The SMILES string of the molecule is COC(=O)C1=C(C)NC2=C(C(=O)CC(c3ccccc3N)C2)C1c1cccc2[nH]ccc12. The smallest absolute Gasteiger partial charge is 0.336 e. The summed E-state index contributed by atoms with van der Waals surface area (Å²) >= 11 is 0. The molecule has 32 heavy (non-hydrogen) atoms. The van der Waals surface area contributed by atoms with Gasteiger partial charge in [0.1, 0.15) is 0 Å². The second kappa shape index (κ2) is 7.71. The zero-order chi connectivity index (χ0) is 22.4. The van der Waals surface area contributed by atoms with Crippen molar-refractivity contribution in [2.45, 2.75) is 31.6 Å². The number of ketones is 1. The van der Waals surface area contributed by atoms with E-state index in [0.29, 0.717) is 35.4 Å². The lowest BCUT2D eigenvalue weighted by atomic mass is 9.71. The van der Waals surface area contributed by atoms with Crippen molar-refractivity contribution in [2.75, 3.05) is 12.8 Å². The lowest BCUT2D eigenvalue weighted by Gasteiger charge is -2.37. The van der Waals surface area contributed by atoms with Crippen LogP contribution in [0.25, 0.3) is 10.9 Å². The quantitative estimate of drug-likeness (QED) is 0.428. The van der Waals surface area contributed by atoms with Crippen LogP contribution in [0.15, 0.2) is 77.3 Å². The van der Waals surface area contributed by atoms with Gasteiger partial charge in [-0.05, 0) is 48.6 Å². The minimum atomic E-state index is -0.486. The van der Waals surface area contributed by atoms with Gasteiger partial charge in [0.05, 0.1) is 12.7 Å². The number of fused-ring (bicyclic) bond motifs is 1.